The maximum atomic E-state index is 4.82. The van der Waals surface area contributed by atoms with Crippen molar-refractivity contribution in [3.63, 3.8) is 0 Å². The van der Waals surface area contributed by atoms with Crippen molar-refractivity contribution in [3.8, 4) is 0 Å². The van der Waals surface area contributed by atoms with Gasteiger partial charge in [0.2, 0.25) is 0 Å². The van der Waals surface area contributed by atoms with E-state index in [-0.39, 0.29) is 0 Å². The van der Waals surface area contributed by atoms with Crippen molar-refractivity contribution in [1.82, 2.24) is 5.32 Å². The summed E-state index contributed by atoms with van der Waals surface area (Å²) in [5, 5.41) is 9.07. The van der Waals surface area contributed by atoms with Gasteiger partial charge in [0, 0.05) is 11.8 Å². The van der Waals surface area contributed by atoms with Gasteiger partial charge in [-0.2, -0.15) is 11.3 Å². The lowest BCUT2D eigenvalue weighted by Crippen LogP contribution is -2.35. The molecule has 0 saturated heterocycles. The van der Waals surface area contributed by atoms with Gasteiger partial charge >= 0.3 is 0 Å². The number of hydrogen-bond donors (Lipinski definition) is 1. The summed E-state index contributed by atoms with van der Waals surface area (Å²) in [5.41, 5.74) is 1.42. The van der Waals surface area contributed by atoms with Crippen molar-refractivity contribution >= 4 is 28.3 Å². The Balaban J connectivity index is 1.88. The average molecular weight is 282 g/mol. The first-order valence-electron chi connectivity index (χ1n) is 6.63. The van der Waals surface area contributed by atoms with E-state index in [1.54, 1.807) is 11.3 Å². The Hall–Kier alpha value is -0.480. The zero-order valence-corrected chi connectivity index (χ0v) is 13.0. The number of nitrogens with one attached hydrogen (secondary N) is 1. The molecule has 1 aromatic rings. The quantitative estimate of drug-likeness (QED) is 0.908. The third-order valence-corrected chi connectivity index (χ3v) is 4.87. The van der Waals surface area contributed by atoms with Crippen LogP contribution in [0.3, 0.4) is 0 Å². The van der Waals surface area contributed by atoms with Gasteiger partial charge in [0.25, 0.3) is 0 Å². The van der Waals surface area contributed by atoms with Gasteiger partial charge in [0.05, 0.1) is 6.04 Å². The fraction of sp³-hybridized carbons (Fsp3) is 0.643. The van der Waals surface area contributed by atoms with Crippen molar-refractivity contribution in [2.45, 2.75) is 45.7 Å². The molecule has 18 heavy (non-hydrogen) atoms. The minimum Gasteiger partial charge on any atom is -0.362 e. The Bertz CT molecular complexity index is 385. The largest absolute Gasteiger partial charge is 0.362 e. The Morgan fingerprint density at radius 1 is 1.44 bits per heavy atom. The molecule has 1 N–H and O–H groups in total. The van der Waals surface area contributed by atoms with E-state index in [0.29, 0.717) is 18.0 Å². The predicted octanol–water partition coefficient (Wildman–Crippen LogP) is 3.79. The van der Waals surface area contributed by atoms with Crippen LogP contribution in [-0.2, 0) is 6.42 Å². The molecule has 4 heteroatoms. The van der Waals surface area contributed by atoms with Gasteiger partial charge < -0.3 is 5.32 Å². The molecule has 2 rings (SSSR count). The van der Waals surface area contributed by atoms with Crippen molar-refractivity contribution < 1.29 is 0 Å². The van der Waals surface area contributed by atoms with E-state index in [1.807, 2.05) is 11.8 Å². The predicted molar refractivity (Wildman–Crippen MR) is 83.8 cm³/mol. The first kappa shape index (κ1) is 13.9. The second-order valence-electron chi connectivity index (χ2n) is 5.26. The summed E-state index contributed by atoms with van der Waals surface area (Å²) >= 11 is 3.64. The zero-order valence-electron chi connectivity index (χ0n) is 11.3. The molecule has 0 spiro atoms. The van der Waals surface area contributed by atoms with Crippen LogP contribution in [0.2, 0.25) is 0 Å². The van der Waals surface area contributed by atoms with Crippen molar-refractivity contribution in [2.24, 2.45) is 10.9 Å². The van der Waals surface area contributed by atoms with Gasteiger partial charge in [0.1, 0.15) is 0 Å². The summed E-state index contributed by atoms with van der Waals surface area (Å²) in [6.45, 7) is 6.76. The fourth-order valence-corrected chi connectivity index (χ4v) is 3.84. The fourth-order valence-electron chi connectivity index (χ4n) is 2.11. The molecule has 0 aliphatic carbocycles. The molecule has 0 amide bonds. The molecule has 0 aromatic carbocycles. The van der Waals surface area contributed by atoms with Crippen LogP contribution in [-0.4, -0.2) is 23.0 Å². The summed E-state index contributed by atoms with van der Waals surface area (Å²) in [5.74, 6) is 1.84. The molecule has 2 nitrogen and oxygen atoms in total. The van der Waals surface area contributed by atoms with E-state index in [1.165, 1.54) is 17.7 Å². The van der Waals surface area contributed by atoms with Crippen LogP contribution >= 0.6 is 23.1 Å². The molecule has 0 bridgehead atoms. The molecule has 100 valence electrons. The van der Waals surface area contributed by atoms with Gasteiger partial charge in [-0.15, -0.1) is 0 Å². The summed E-state index contributed by atoms with van der Waals surface area (Å²) in [4.78, 5) is 4.82. The minimum absolute atomic E-state index is 0.455. The molecule has 1 aromatic heterocycles. The molecule has 0 fully saturated rings. The number of amidine groups is 1. The maximum absolute atomic E-state index is 4.82. The van der Waals surface area contributed by atoms with Gasteiger partial charge in [-0.1, -0.05) is 25.6 Å². The van der Waals surface area contributed by atoms with E-state index in [4.69, 9.17) is 4.99 Å². The summed E-state index contributed by atoms with van der Waals surface area (Å²) in [7, 11) is 0. The third-order valence-electron chi connectivity index (χ3n) is 3.20. The number of rotatable bonds is 4. The average Bonchev–Trinajstić information content (AvgIpc) is 2.82. The SMILES string of the molecule is CC(Cc1ccsc1)NC1=NC(C(C)C)CCS1. The molecule has 1 aliphatic heterocycles. The van der Waals surface area contributed by atoms with Gasteiger partial charge in [-0.05, 0) is 48.1 Å². The summed E-state index contributed by atoms with van der Waals surface area (Å²) < 4.78 is 0. The molecule has 2 atom stereocenters. The number of thioether (sulfide) groups is 1. The van der Waals surface area contributed by atoms with Crippen LogP contribution in [0, 0.1) is 5.92 Å². The van der Waals surface area contributed by atoms with E-state index >= 15 is 0 Å². The number of hydrogen-bond acceptors (Lipinski definition) is 4. The van der Waals surface area contributed by atoms with E-state index in [0.717, 1.165) is 11.6 Å². The second kappa shape index (κ2) is 6.62. The number of nitrogens with zero attached hydrogens (tertiary/aromatic N) is 1. The summed E-state index contributed by atoms with van der Waals surface area (Å²) in [6.07, 6.45) is 2.29. The van der Waals surface area contributed by atoms with Gasteiger partial charge in [-0.25, -0.2) is 0 Å². The van der Waals surface area contributed by atoms with E-state index in [9.17, 15) is 0 Å². The lowest BCUT2D eigenvalue weighted by molar-refractivity contribution is 0.481. The molecule has 1 aliphatic rings. The molecular weight excluding hydrogens is 260 g/mol. The highest BCUT2D eigenvalue weighted by atomic mass is 32.2. The number of aliphatic imine (C=N–C) groups is 1. The number of thiophene rings is 1. The van der Waals surface area contributed by atoms with Crippen molar-refractivity contribution in [2.75, 3.05) is 5.75 Å². The van der Waals surface area contributed by atoms with Crippen molar-refractivity contribution in [3.05, 3.63) is 22.4 Å². The van der Waals surface area contributed by atoms with Crippen molar-refractivity contribution in [1.29, 1.82) is 0 Å². The third kappa shape index (κ3) is 4.02. The van der Waals surface area contributed by atoms with Crippen LogP contribution in [0.25, 0.3) is 0 Å². The first-order chi connectivity index (χ1) is 8.65. The van der Waals surface area contributed by atoms with Crippen LogP contribution in [0.4, 0.5) is 0 Å². The zero-order chi connectivity index (χ0) is 13.0. The molecule has 0 radical (unpaired) electrons. The van der Waals surface area contributed by atoms with Crippen LogP contribution < -0.4 is 5.32 Å². The van der Waals surface area contributed by atoms with Gasteiger partial charge in [0.15, 0.2) is 5.17 Å². The molecule has 2 unspecified atom stereocenters. The maximum Gasteiger partial charge on any atom is 0.157 e. The summed E-state index contributed by atoms with van der Waals surface area (Å²) in [6, 6.07) is 3.16. The standard InChI is InChI=1S/C14H22N2S2/c1-10(2)13-5-7-18-14(16-13)15-11(3)8-12-4-6-17-9-12/h4,6,9-11,13H,5,7-8H2,1-3H3,(H,15,16). The Kier molecular flexibility index (Phi) is 5.13. The molecular formula is C14H22N2S2. The lowest BCUT2D eigenvalue weighted by atomic mass is 10.0. The minimum atomic E-state index is 0.455. The van der Waals surface area contributed by atoms with Gasteiger partial charge in [-0.3, -0.25) is 4.99 Å². The monoisotopic (exact) mass is 282 g/mol. The topological polar surface area (TPSA) is 24.4 Å². The smallest absolute Gasteiger partial charge is 0.157 e. The van der Waals surface area contributed by atoms with Crippen LogP contribution in [0.1, 0.15) is 32.8 Å². The lowest BCUT2D eigenvalue weighted by Gasteiger charge is -2.25. The molecule has 0 saturated carbocycles. The Morgan fingerprint density at radius 3 is 2.94 bits per heavy atom. The highest BCUT2D eigenvalue weighted by Crippen LogP contribution is 2.22. The molecule has 2 heterocycles. The normalized spacial score (nSPS) is 21.8. The highest BCUT2D eigenvalue weighted by molar-refractivity contribution is 8.13. The Labute approximate surface area is 118 Å². The highest BCUT2D eigenvalue weighted by Gasteiger charge is 2.19. The van der Waals surface area contributed by atoms with E-state index in [2.05, 4.69) is 42.9 Å². The van der Waals surface area contributed by atoms with E-state index < -0.39 is 0 Å². The first-order valence-corrected chi connectivity index (χ1v) is 8.56. The van der Waals surface area contributed by atoms with Crippen LogP contribution in [0.5, 0.6) is 0 Å². The van der Waals surface area contributed by atoms with Crippen LogP contribution in [0.15, 0.2) is 21.8 Å². The Morgan fingerprint density at radius 2 is 2.28 bits per heavy atom. The second-order valence-corrected chi connectivity index (χ2v) is 7.13.